The average molecular weight is 147 g/mol. The lowest BCUT2D eigenvalue weighted by Crippen LogP contribution is -2.33. The highest BCUT2D eigenvalue weighted by Crippen LogP contribution is 1.83. The zero-order valence-electron chi connectivity index (χ0n) is 6.26. The molecule has 0 aliphatic carbocycles. The van der Waals surface area contributed by atoms with E-state index < -0.39 is 0 Å². The van der Waals surface area contributed by atoms with Crippen LogP contribution in [0.1, 0.15) is 6.92 Å². The van der Waals surface area contributed by atoms with E-state index in [-0.39, 0.29) is 18.6 Å². The Morgan fingerprint density at radius 1 is 1.80 bits per heavy atom. The van der Waals surface area contributed by atoms with Crippen LogP contribution in [0.5, 0.6) is 0 Å². The van der Waals surface area contributed by atoms with Crippen molar-refractivity contribution in [2.24, 2.45) is 0 Å². The molecule has 0 heterocycles. The Balaban J connectivity index is 3.34. The minimum Gasteiger partial charge on any atom is -0.394 e. The number of methoxy groups -OCH3 is 1. The summed E-state index contributed by atoms with van der Waals surface area (Å²) in [6, 6.07) is 0. The maximum atomic E-state index is 10.3. The van der Waals surface area contributed by atoms with E-state index in [9.17, 15) is 4.79 Å². The first-order valence-corrected chi connectivity index (χ1v) is 3.08. The number of hydrogen-bond donors (Lipinski definition) is 2. The number of carbonyl (C=O) groups excluding carboxylic acids is 1. The van der Waals surface area contributed by atoms with Crippen LogP contribution in [0, 0.1) is 0 Å². The fourth-order valence-corrected chi connectivity index (χ4v) is 0.480. The lowest BCUT2D eigenvalue weighted by molar-refractivity contribution is -0.119. The Kier molecular flexibility index (Phi) is 4.88. The molecular weight excluding hydrogens is 134 g/mol. The Morgan fingerprint density at radius 3 is 2.70 bits per heavy atom. The van der Waals surface area contributed by atoms with Gasteiger partial charge >= 0.3 is 0 Å². The smallest absolute Gasteiger partial charge is 0.216 e. The van der Waals surface area contributed by atoms with Gasteiger partial charge in [0, 0.05) is 20.6 Å². The second-order valence-corrected chi connectivity index (χ2v) is 1.98. The van der Waals surface area contributed by atoms with Crippen LogP contribution in [0.3, 0.4) is 0 Å². The molecule has 0 aliphatic rings. The van der Waals surface area contributed by atoms with Crippen LogP contribution < -0.4 is 5.32 Å². The van der Waals surface area contributed by atoms with Crippen molar-refractivity contribution >= 4 is 5.91 Å². The largest absolute Gasteiger partial charge is 0.394 e. The lowest BCUT2D eigenvalue weighted by Gasteiger charge is -2.11. The van der Waals surface area contributed by atoms with Crippen molar-refractivity contribution in [3.63, 3.8) is 0 Å². The molecule has 4 heteroatoms. The van der Waals surface area contributed by atoms with Gasteiger partial charge in [0.1, 0.15) is 0 Å². The molecule has 0 aromatic heterocycles. The molecule has 0 saturated heterocycles. The van der Waals surface area contributed by atoms with Crippen LogP contribution in [0.2, 0.25) is 0 Å². The topological polar surface area (TPSA) is 58.6 Å². The van der Waals surface area contributed by atoms with Gasteiger partial charge in [0.2, 0.25) is 5.91 Å². The van der Waals surface area contributed by atoms with Gasteiger partial charge in [-0.05, 0) is 0 Å². The summed E-state index contributed by atoms with van der Waals surface area (Å²) < 4.78 is 4.79. The number of nitrogens with one attached hydrogen (secondary N) is 1. The van der Waals surface area contributed by atoms with Crippen molar-refractivity contribution in [1.29, 1.82) is 0 Å². The standard InChI is InChI=1S/C6H13NO3/c1-5(9)7-3-6(4-8)10-2/h6,8H,3-4H2,1-2H3,(H,7,9)/t6-/m0/s1. The highest BCUT2D eigenvalue weighted by Gasteiger charge is 2.04. The van der Waals surface area contributed by atoms with Gasteiger partial charge in [-0.2, -0.15) is 0 Å². The molecule has 1 atom stereocenters. The number of hydrogen-bond acceptors (Lipinski definition) is 3. The zero-order chi connectivity index (χ0) is 7.98. The Morgan fingerprint density at radius 2 is 2.40 bits per heavy atom. The number of ether oxygens (including phenoxy) is 1. The first kappa shape index (κ1) is 9.39. The zero-order valence-corrected chi connectivity index (χ0v) is 6.26. The Hall–Kier alpha value is -0.610. The Labute approximate surface area is 60.2 Å². The summed E-state index contributed by atoms with van der Waals surface area (Å²) in [6.45, 7) is 1.71. The molecule has 0 fully saturated rings. The van der Waals surface area contributed by atoms with Gasteiger partial charge in [-0.1, -0.05) is 0 Å². The molecule has 0 saturated carbocycles. The predicted molar refractivity (Wildman–Crippen MR) is 36.6 cm³/mol. The van der Waals surface area contributed by atoms with Gasteiger partial charge in [-0.3, -0.25) is 4.79 Å². The number of aliphatic hydroxyl groups is 1. The van der Waals surface area contributed by atoms with Crippen molar-refractivity contribution in [1.82, 2.24) is 5.32 Å². The van der Waals surface area contributed by atoms with E-state index >= 15 is 0 Å². The highest BCUT2D eigenvalue weighted by molar-refractivity contribution is 5.72. The minimum absolute atomic E-state index is 0.0726. The van der Waals surface area contributed by atoms with Crippen LogP contribution in [-0.4, -0.2) is 37.4 Å². The first-order valence-electron chi connectivity index (χ1n) is 3.08. The third-order valence-corrected chi connectivity index (χ3v) is 1.12. The van der Waals surface area contributed by atoms with Gasteiger partial charge in [-0.25, -0.2) is 0 Å². The maximum Gasteiger partial charge on any atom is 0.216 e. The highest BCUT2D eigenvalue weighted by atomic mass is 16.5. The fraction of sp³-hybridized carbons (Fsp3) is 0.833. The third kappa shape index (κ3) is 4.29. The van der Waals surface area contributed by atoms with Crippen LogP contribution >= 0.6 is 0 Å². The lowest BCUT2D eigenvalue weighted by atomic mass is 10.4. The number of amides is 1. The maximum absolute atomic E-state index is 10.3. The first-order chi connectivity index (χ1) is 4.70. The molecule has 10 heavy (non-hydrogen) atoms. The molecular formula is C6H13NO3. The van der Waals surface area contributed by atoms with Crippen molar-refractivity contribution in [3.05, 3.63) is 0 Å². The second-order valence-electron chi connectivity index (χ2n) is 1.98. The Bertz CT molecular complexity index is 101. The summed E-state index contributed by atoms with van der Waals surface area (Å²) in [7, 11) is 1.49. The van der Waals surface area contributed by atoms with Crippen LogP contribution in [0.25, 0.3) is 0 Å². The SMILES string of the molecule is CO[C@H](CO)CNC(C)=O. The minimum atomic E-state index is -0.288. The molecule has 0 radical (unpaired) electrons. The summed E-state index contributed by atoms with van der Waals surface area (Å²) in [6.07, 6.45) is -0.288. The summed E-state index contributed by atoms with van der Waals surface area (Å²) in [5.74, 6) is -0.115. The van der Waals surface area contributed by atoms with Gasteiger partial charge in [0.05, 0.1) is 12.7 Å². The van der Waals surface area contributed by atoms with E-state index in [1.54, 1.807) is 0 Å². The summed E-state index contributed by atoms with van der Waals surface area (Å²) >= 11 is 0. The quantitative estimate of drug-likeness (QED) is 0.543. The predicted octanol–water partition coefficient (Wildman–Crippen LogP) is -0.870. The molecule has 2 N–H and O–H groups in total. The molecule has 60 valence electrons. The number of aliphatic hydroxyl groups excluding tert-OH is 1. The van der Waals surface area contributed by atoms with Gasteiger partial charge in [-0.15, -0.1) is 0 Å². The monoisotopic (exact) mass is 147 g/mol. The van der Waals surface area contributed by atoms with Crippen molar-refractivity contribution in [3.8, 4) is 0 Å². The third-order valence-electron chi connectivity index (χ3n) is 1.12. The number of carbonyl (C=O) groups is 1. The van der Waals surface area contributed by atoms with Crippen LogP contribution in [0.15, 0.2) is 0 Å². The fourth-order valence-electron chi connectivity index (χ4n) is 0.480. The van der Waals surface area contributed by atoms with Gasteiger partial charge in [0.25, 0.3) is 0 Å². The number of rotatable bonds is 4. The van der Waals surface area contributed by atoms with E-state index in [1.807, 2.05) is 0 Å². The molecule has 0 aliphatic heterocycles. The van der Waals surface area contributed by atoms with Crippen LogP contribution in [-0.2, 0) is 9.53 Å². The van der Waals surface area contributed by atoms with E-state index in [4.69, 9.17) is 9.84 Å². The molecule has 1 amide bonds. The molecule has 0 bridgehead atoms. The van der Waals surface area contributed by atoms with Crippen molar-refractivity contribution in [2.45, 2.75) is 13.0 Å². The van der Waals surface area contributed by atoms with E-state index in [0.717, 1.165) is 0 Å². The van der Waals surface area contributed by atoms with Crippen molar-refractivity contribution < 1.29 is 14.6 Å². The van der Waals surface area contributed by atoms with E-state index in [1.165, 1.54) is 14.0 Å². The molecule has 0 spiro atoms. The molecule has 0 unspecified atom stereocenters. The molecule has 0 aromatic rings. The summed E-state index contributed by atoms with van der Waals surface area (Å²) in [5.41, 5.74) is 0. The average Bonchev–Trinajstić information content (AvgIpc) is 1.90. The van der Waals surface area contributed by atoms with Crippen molar-refractivity contribution in [2.75, 3.05) is 20.3 Å². The molecule has 0 aromatic carbocycles. The van der Waals surface area contributed by atoms with E-state index in [0.29, 0.717) is 6.54 Å². The summed E-state index contributed by atoms with van der Waals surface area (Å²) in [4.78, 5) is 10.3. The van der Waals surface area contributed by atoms with Gasteiger partial charge in [0.15, 0.2) is 0 Å². The van der Waals surface area contributed by atoms with E-state index in [2.05, 4.69) is 5.32 Å². The van der Waals surface area contributed by atoms with Gasteiger partial charge < -0.3 is 15.2 Å². The molecule has 0 rings (SSSR count). The second kappa shape index (κ2) is 5.20. The van der Waals surface area contributed by atoms with Crippen LogP contribution in [0.4, 0.5) is 0 Å². The molecule has 4 nitrogen and oxygen atoms in total. The normalized spacial score (nSPS) is 12.7. The summed E-state index contributed by atoms with van der Waals surface area (Å²) in [5, 5.41) is 11.1.